The molecule has 2 unspecified atom stereocenters. The molecule has 0 bridgehead atoms. The van der Waals surface area contributed by atoms with E-state index in [9.17, 15) is 19.1 Å². The monoisotopic (exact) mass is 244 g/mol. The van der Waals surface area contributed by atoms with Gasteiger partial charge in [0.15, 0.2) is 6.10 Å². The van der Waals surface area contributed by atoms with Crippen molar-refractivity contribution >= 4 is 11.9 Å². The third kappa shape index (κ3) is 2.99. The fourth-order valence-corrected chi connectivity index (χ4v) is 1.22. The van der Waals surface area contributed by atoms with Gasteiger partial charge in [-0.3, -0.25) is 0 Å². The van der Waals surface area contributed by atoms with Crippen molar-refractivity contribution in [3.05, 3.63) is 35.1 Å². The van der Waals surface area contributed by atoms with Crippen molar-refractivity contribution in [1.82, 2.24) is 0 Å². The van der Waals surface area contributed by atoms with Gasteiger partial charge in [0, 0.05) is 0 Å². The predicted octanol–water partition coefficient (Wildman–Crippen LogP) is 0.00280. The van der Waals surface area contributed by atoms with Crippen molar-refractivity contribution in [1.29, 1.82) is 0 Å². The molecule has 0 aliphatic carbocycles. The van der Waals surface area contributed by atoms with Crippen LogP contribution in [-0.4, -0.2) is 38.5 Å². The molecule has 1 aromatic rings. The average molecular weight is 244 g/mol. The highest BCUT2D eigenvalue weighted by Crippen LogP contribution is 2.20. The summed E-state index contributed by atoms with van der Waals surface area (Å²) in [5, 5.41) is 35.5. The molecule has 0 radical (unpaired) electrons. The number of carboxylic acid groups (broad SMARTS) is 2. The van der Waals surface area contributed by atoms with Gasteiger partial charge in [0.05, 0.1) is 5.56 Å². The van der Waals surface area contributed by atoms with Gasteiger partial charge in [-0.05, 0) is 23.8 Å². The van der Waals surface area contributed by atoms with Crippen molar-refractivity contribution in [2.75, 3.05) is 0 Å². The molecule has 92 valence electrons. The Bertz CT molecular complexity index is 458. The molecule has 1 rings (SSSR count). The van der Waals surface area contributed by atoms with E-state index in [4.69, 9.17) is 15.3 Å². The van der Waals surface area contributed by atoms with Gasteiger partial charge in [0.1, 0.15) is 11.9 Å². The van der Waals surface area contributed by atoms with Crippen LogP contribution in [-0.2, 0) is 4.79 Å². The number of aromatic carboxylic acids is 1. The molecule has 0 amide bonds. The van der Waals surface area contributed by atoms with E-state index in [2.05, 4.69) is 0 Å². The Morgan fingerprint density at radius 2 is 1.71 bits per heavy atom. The molecule has 0 spiro atoms. The maximum Gasteiger partial charge on any atom is 0.335 e. The summed E-state index contributed by atoms with van der Waals surface area (Å²) in [6.45, 7) is 0. The Balaban J connectivity index is 3.13. The highest BCUT2D eigenvalue weighted by molar-refractivity contribution is 5.87. The van der Waals surface area contributed by atoms with E-state index in [0.717, 1.165) is 12.1 Å². The van der Waals surface area contributed by atoms with E-state index in [1.165, 1.54) is 0 Å². The third-order valence-corrected chi connectivity index (χ3v) is 2.06. The second-order valence-corrected chi connectivity index (χ2v) is 3.31. The quantitative estimate of drug-likeness (QED) is 0.592. The topological polar surface area (TPSA) is 115 Å². The third-order valence-electron chi connectivity index (χ3n) is 2.06. The largest absolute Gasteiger partial charge is 0.479 e. The molecule has 6 nitrogen and oxygen atoms in total. The van der Waals surface area contributed by atoms with E-state index in [-0.39, 0.29) is 5.56 Å². The molecule has 0 saturated carbocycles. The van der Waals surface area contributed by atoms with Crippen LogP contribution in [0, 0.1) is 5.82 Å². The molecule has 0 aromatic heterocycles. The number of aliphatic hydroxyl groups is 2. The number of carbonyl (C=O) groups is 2. The van der Waals surface area contributed by atoms with E-state index in [1.54, 1.807) is 0 Å². The maximum absolute atomic E-state index is 13.0. The first-order valence-electron chi connectivity index (χ1n) is 4.45. The summed E-state index contributed by atoms with van der Waals surface area (Å²) in [4.78, 5) is 21.0. The van der Waals surface area contributed by atoms with Gasteiger partial charge < -0.3 is 20.4 Å². The number of halogens is 1. The fraction of sp³-hybridized carbons (Fsp3) is 0.200. The smallest absolute Gasteiger partial charge is 0.335 e. The summed E-state index contributed by atoms with van der Waals surface area (Å²) in [7, 11) is 0. The SMILES string of the molecule is O=C(O)c1cc(F)cc(C(O)C(O)C(=O)O)c1. The van der Waals surface area contributed by atoms with E-state index in [1.807, 2.05) is 0 Å². The zero-order chi connectivity index (χ0) is 13.2. The first-order chi connectivity index (χ1) is 7.82. The number of hydrogen-bond acceptors (Lipinski definition) is 4. The van der Waals surface area contributed by atoms with Gasteiger partial charge in [-0.15, -0.1) is 0 Å². The van der Waals surface area contributed by atoms with Crippen LogP contribution in [0.1, 0.15) is 22.0 Å². The predicted molar refractivity (Wildman–Crippen MR) is 52.0 cm³/mol. The van der Waals surface area contributed by atoms with E-state index >= 15 is 0 Å². The molecule has 0 heterocycles. The number of hydrogen-bond donors (Lipinski definition) is 4. The minimum absolute atomic E-state index is 0.322. The Kier molecular flexibility index (Phi) is 3.77. The zero-order valence-electron chi connectivity index (χ0n) is 8.37. The summed E-state index contributed by atoms with van der Waals surface area (Å²) in [6, 6.07) is 2.36. The number of carboxylic acids is 2. The van der Waals surface area contributed by atoms with Crippen LogP contribution < -0.4 is 0 Å². The molecule has 0 fully saturated rings. The second-order valence-electron chi connectivity index (χ2n) is 3.31. The highest BCUT2D eigenvalue weighted by Gasteiger charge is 2.26. The van der Waals surface area contributed by atoms with Gasteiger partial charge in [-0.1, -0.05) is 0 Å². The zero-order valence-corrected chi connectivity index (χ0v) is 8.37. The lowest BCUT2D eigenvalue weighted by molar-refractivity contribution is -0.153. The summed E-state index contributed by atoms with van der Waals surface area (Å²) in [6.07, 6.45) is -4.06. The van der Waals surface area contributed by atoms with Crippen LogP contribution in [0.2, 0.25) is 0 Å². The number of benzene rings is 1. The van der Waals surface area contributed by atoms with Crippen molar-refractivity contribution in [2.45, 2.75) is 12.2 Å². The summed E-state index contributed by atoms with van der Waals surface area (Å²) < 4.78 is 13.0. The minimum Gasteiger partial charge on any atom is -0.479 e. The van der Waals surface area contributed by atoms with Crippen LogP contribution in [0.4, 0.5) is 4.39 Å². The van der Waals surface area contributed by atoms with Crippen LogP contribution in [0.25, 0.3) is 0 Å². The average Bonchev–Trinajstić information content (AvgIpc) is 2.25. The van der Waals surface area contributed by atoms with Crippen LogP contribution in [0.3, 0.4) is 0 Å². The lowest BCUT2D eigenvalue weighted by atomic mass is 10.0. The molecule has 17 heavy (non-hydrogen) atoms. The van der Waals surface area contributed by atoms with Gasteiger partial charge in [-0.2, -0.15) is 0 Å². The van der Waals surface area contributed by atoms with Crippen molar-refractivity contribution in [2.24, 2.45) is 0 Å². The molecular weight excluding hydrogens is 235 g/mol. The standard InChI is InChI=1S/C10H9FO6/c11-6-2-4(1-5(3-6)9(14)15)7(12)8(13)10(16)17/h1-3,7-8,12-13H,(H,14,15)(H,16,17). The Morgan fingerprint density at radius 3 is 2.18 bits per heavy atom. The van der Waals surface area contributed by atoms with Crippen LogP contribution in [0.15, 0.2) is 18.2 Å². The number of aliphatic hydroxyl groups excluding tert-OH is 2. The number of aliphatic carboxylic acids is 1. The van der Waals surface area contributed by atoms with Crippen LogP contribution in [0.5, 0.6) is 0 Å². The van der Waals surface area contributed by atoms with E-state index < -0.39 is 35.5 Å². The van der Waals surface area contributed by atoms with Gasteiger partial charge in [0.2, 0.25) is 0 Å². The van der Waals surface area contributed by atoms with Crippen molar-refractivity contribution < 1.29 is 34.4 Å². The molecule has 0 aliphatic rings. The highest BCUT2D eigenvalue weighted by atomic mass is 19.1. The Hall–Kier alpha value is -1.99. The normalized spacial score (nSPS) is 14.1. The lowest BCUT2D eigenvalue weighted by Crippen LogP contribution is -2.27. The van der Waals surface area contributed by atoms with Crippen molar-refractivity contribution in [3.63, 3.8) is 0 Å². The maximum atomic E-state index is 13.0. The molecule has 4 N–H and O–H groups in total. The first kappa shape index (κ1) is 13.1. The molecule has 0 aliphatic heterocycles. The number of rotatable bonds is 4. The van der Waals surface area contributed by atoms with Gasteiger partial charge >= 0.3 is 11.9 Å². The Labute approximate surface area is 94.6 Å². The van der Waals surface area contributed by atoms with Gasteiger partial charge in [0.25, 0.3) is 0 Å². The molecule has 2 atom stereocenters. The minimum atomic E-state index is -2.15. The molecular formula is C10H9FO6. The fourth-order valence-electron chi connectivity index (χ4n) is 1.22. The summed E-state index contributed by atoms with van der Waals surface area (Å²) in [5.41, 5.74) is -0.770. The molecule has 0 saturated heterocycles. The molecule has 7 heteroatoms. The van der Waals surface area contributed by atoms with E-state index in [0.29, 0.717) is 6.07 Å². The summed E-state index contributed by atoms with van der Waals surface area (Å²) >= 11 is 0. The second kappa shape index (κ2) is 4.89. The lowest BCUT2D eigenvalue weighted by Gasteiger charge is -2.14. The van der Waals surface area contributed by atoms with Crippen LogP contribution >= 0.6 is 0 Å². The first-order valence-corrected chi connectivity index (χ1v) is 4.45. The Morgan fingerprint density at radius 1 is 1.12 bits per heavy atom. The molecule has 1 aromatic carbocycles. The van der Waals surface area contributed by atoms with Crippen molar-refractivity contribution in [3.8, 4) is 0 Å². The van der Waals surface area contributed by atoms with Gasteiger partial charge in [-0.25, -0.2) is 14.0 Å². The summed E-state index contributed by atoms with van der Waals surface area (Å²) in [5.74, 6) is -4.07.